The third-order valence-corrected chi connectivity index (χ3v) is 5.65. The second-order valence-corrected chi connectivity index (χ2v) is 7.94. The van der Waals surface area contributed by atoms with Gasteiger partial charge in [0.1, 0.15) is 11.6 Å². The number of benzene rings is 1. The van der Waals surface area contributed by atoms with Gasteiger partial charge in [-0.25, -0.2) is 8.78 Å². The molecule has 1 aromatic heterocycles. The highest BCUT2D eigenvalue weighted by Gasteiger charge is 2.40. The van der Waals surface area contributed by atoms with E-state index >= 15 is 0 Å². The first kappa shape index (κ1) is 20.6. The summed E-state index contributed by atoms with van der Waals surface area (Å²) in [5, 5.41) is 2.92. The van der Waals surface area contributed by atoms with E-state index < -0.39 is 24.4 Å². The molecule has 0 aliphatic heterocycles. The fourth-order valence-electron chi connectivity index (χ4n) is 3.08. The third-order valence-electron chi connectivity index (χ3n) is 4.47. The van der Waals surface area contributed by atoms with Gasteiger partial charge in [-0.3, -0.25) is 4.79 Å². The minimum atomic E-state index is -4.41. The van der Waals surface area contributed by atoms with Crippen LogP contribution in [0.2, 0.25) is 0 Å². The van der Waals surface area contributed by atoms with Crippen molar-refractivity contribution in [2.75, 3.05) is 6.61 Å². The van der Waals surface area contributed by atoms with E-state index in [1.165, 1.54) is 18.2 Å². The summed E-state index contributed by atoms with van der Waals surface area (Å²) in [4.78, 5) is 12.9. The third kappa shape index (κ3) is 5.67. The molecular formula is C19H18F5NO2S. The molecule has 1 aliphatic carbocycles. The van der Waals surface area contributed by atoms with Crippen molar-refractivity contribution in [3.05, 3.63) is 52.4 Å². The summed E-state index contributed by atoms with van der Waals surface area (Å²) in [7, 11) is 0. The van der Waals surface area contributed by atoms with E-state index in [0.717, 1.165) is 17.4 Å². The van der Waals surface area contributed by atoms with Crippen LogP contribution in [0.4, 0.5) is 22.0 Å². The maximum absolute atomic E-state index is 13.3. The van der Waals surface area contributed by atoms with Gasteiger partial charge in [-0.1, -0.05) is 0 Å². The van der Waals surface area contributed by atoms with Gasteiger partial charge in [0.05, 0.1) is 6.04 Å². The van der Waals surface area contributed by atoms with E-state index in [1.54, 1.807) is 13.0 Å². The van der Waals surface area contributed by atoms with E-state index in [1.807, 2.05) is 0 Å². The van der Waals surface area contributed by atoms with Gasteiger partial charge in [-0.05, 0) is 55.0 Å². The number of halogens is 5. The Morgan fingerprint density at radius 3 is 2.57 bits per heavy atom. The van der Waals surface area contributed by atoms with Crippen LogP contribution in [-0.2, 0) is 4.79 Å². The lowest BCUT2D eigenvalue weighted by Crippen LogP contribution is -2.26. The first-order valence-electron chi connectivity index (χ1n) is 8.65. The number of thiophene rings is 1. The van der Waals surface area contributed by atoms with Crippen LogP contribution in [0.1, 0.15) is 42.2 Å². The van der Waals surface area contributed by atoms with E-state index in [9.17, 15) is 26.7 Å². The number of hydrogen-bond acceptors (Lipinski definition) is 3. The Balaban J connectivity index is 1.48. The second-order valence-electron chi connectivity index (χ2n) is 6.86. The van der Waals surface area contributed by atoms with Crippen molar-refractivity contribution in [2.24, 2.45) is 5.92 Å². The predicted molar refractivity (Wildman–Crippen MR) is 94.2 cm³/mol. The minimum absolute atomic E-state index is 0.0161. The van der Waals surface area contributed by atoms with Gasteiger partial charge in [0.25, 0.3) is 0 Å². The number of carbonyl (C=O) groups excluding carboxylic acids is 1. The topological polar surface area (TPSA) is 38.3 Å². The van der Waals surface area contributed by atoms with Crippen LogP contribution >= 0.6 is 11.3 Å². The average molecular weight is 419 g/mol. The summed E-state index contributed by atoms with van der Waals surface area (Å²) in [5.41, 5.74) is 0.549. The molecule has 1 amide bonds. The molecule has 2 aromatic rings. The molecule has 1 aliphatic rings. The maximum Gasteiger partial charge on any atom is 0.422 e. The van der Waals surface area contributed by atoms with Gasteiger partial charge < -0.3 is 10.1 Å². The summed E-state index contributed by atoms with van der Waals surface area (Å²) < 4.78 is 67.8. The smallest absolute Gasteiger partial charge is 0.422 e. The molecule has 3 rings (SSSR count). The maximum atomic E-state index is 13.3. The molecule has 3 nitrogen and oxygen atoms in total. The summed E-state index contributed by atoms with van der Waals surface area (Å²) in [5.74, 6) is -1.53. The van der Waals surface area contributed by atoms with Gasteiger partial charge in [0, 0.05) is 17.4 Å². The van der Waals surface area contributed by atoms with Crippen molar-refractivity contribution in [3.8, 4) is 5.06 Å². The Kier molecular flexibility index (Phi) is 5.92. The van der Waals surface area contributed by atoms with Gasteiger partial charge in [-0.15, -0.1) is 11.3 Å². The van der Waals surface area contributed by atoms with Gasteiger partial charge in [-0.2, -0.15) is 13.2 Å². The lowest BCUT2D eigenvalue weighted by Gasteiger charge is -2.12. The van der Waals surface area contributed by atoms with Crippen molar-refractivity contribution < 1.29 is 31.5 Å². The van der Waals surface area contributed by atoms with Crippen LogP contribution in [0.15, 0.2) is 30.3 Å². The quantitative estimate of drug-likeness (QED) is 0.616. The SMILES string of the molecule is C[C@@H](NC(=O)C[C@@H]1C[C@@H]1c1cc(F)cc(F)c1)c1ccc(OCC(F)(F)F)s1. The standard InChI is InChI=1S/C19H18F5NO2S/c1-10(16-2-3-18(28-16)27-9-19(22,23)24)25-17(26)7-12-6-15(12)11-4-13(20)8-14(21)5-11/h2-5,8,10,12,15H,6-7,9H2,1H3,(H,25,26)/t10-,12+,15-/m1/s1. The van der Waals surface area contributed by atoms with Crippen LogP contribution in [-0.4, -0.2) is 18.7 Å². The van der Waals surface area contributed by atoms with Crippen molar-refractivity contribution in [2.45, 2.75) is 37.9 Å². The van der Waals surface area contributed by atoms with E-state index in [0.29, 0.717) is 16.9 Å². The summed E-state index contributed by atoms with van der Waals surface area (Å²) in [6, 6.07) is 6.03. The molecule has 0 saturated heterocycles. The Hall–Kier alpha value is -2.16. The fraction of sp³-hybridized carbons (Fsp3) is 0.421. The number of ether oxygens (including phenoxy) is 1. The second kappa shape index (κ2) is 8.06. The predicted octanol–water partition coefficient (Wildman–Crippen LogP) is 5.34. The van der Waals surface area contributed by atoms with Crippen LogP contribution < -0.4 is 10.1 Å². The van der Waals surface area contributed by atoms with Gasteiger partial charge in [0.15, 0.2) is 11.7 Å². The molecule has 1 fully saturated rings. The largest absolute Gasteiger partial charge is 0.475 e. The van der Waals surface area contributed by atoms with Crippen LogP contribution in [0.25, 0.3) is 0 Å². The van der Waals surface area contributed by atoms with Crippen molar-refractivity contribution in [3.63, 3.8) is 0 Å². The highest BCUT2D eigenvalue weighted by Crippen LogP contribution is 2.49. The average Bonchev–Trinajstić information content (AvgIpc) is 3.15. The number of nitrogens with one attached hydrogen (secondary N) is 1. The van der Waals surface area contributed by atoms with Crippen LogP contribution in [0.5, 0.6) is 5.06 Å². The zero-order valence-electron chi connectivity index (χ0n) is 14.9. The first-order chi connectivity index (χ1) is 13.1. The van der Waals surface area contributed by atoms with Crippen molar-refractivity contribution in [1.82, 2.24) is 5.32 Å². The van der Waals surface area contributed by atoms with E-state index in [-0.39, 0.29) is 35.3 Å². The minimum Gasteiger partial charge on any atom is -0.475 e. The molecule has 1 aromatic carbocycles. The summed E-state index contributed by atoms with van der Waals surface area (Å²) in [6.45, 7) is 0.362. The van der Waals surface area contributed by atoms with Crippen molar-refractivity contribution >= 4 is 17.2 Å². The molecule has 3 atom stereocenters. The Morgan fingerprint density at radius 1 is 1.25 bits per heavy atom. The number of alkyl halides is 3. The molecule has 0 radical (unpaired) electrons. The molecule has 152 valence electrons. The number of carbonyl (C=O) groups is 1. The molecule has 1 saturated carbocycles. The Morgan fingerprint density at radius 2 is 1.93 bits per heavy atom. The lowest BCUT2D eigenvalue weighted by molar-refractivity contribution is -0.152. The summed E-state index contributed by atoms with van der Waals surface area (Å²) in [6.07, 6.45) is -3.51. The molecule has 0 unspecified atom stereocenters. The zero-order chi connectivity index (χ0) is 20.5. The lowest BCUT2D eigenvalue weighted by atomic mass is 10.1. The summed E-state index contributed by atoms with van der Waals surface area (Å²) >= 11 is 1.04. The molecule has 0 spiro atoms. The molecule has 1 N–H and O–H groups in total. The Bertz CT molecular complexity index is 831. The highest BCUT2D eigenvalue weighted by molar-refractivity contribution is 7.13. The molecule has 1 heterocycles. The highest BCUT2D eigenvalue weighted by atomic mass is 32.1. The van der Waals surface area contributed by atoms with Crippen molar-refractivity contribution in [1.29, 1.82) is 0 Å². The zero-order valence-corrected chi connectivity index (χ0v) is 15.7. The number of hydrogen-bond donors (Lipinski definition) is 1. The van der Waals surface area contributed by atoms with Gasteiger partial charge >= 0.3 is 6.18 Å². The molecule has 0 bridgehead atoms. The van der Waals surface area contributed by atoms with Crippen LogP contribution in [0, 0.1) is 17.6 Å². The van der Waals surface area contributed by atoms with Crippen LogP contribution in [0.3, 0.4) is 0 Å². The molecule has 9 heteroatoms. The normalized spacial score (nSPS) is 19.9. The molecular weight excluding hydrogens is 401 g/mol. The van der Waals surface area contributed by atoms with E-state index in [2.05, 4.69) is 10.1 Å². The monoisotopic (exact) mass is 419 g/mol. The van der Waals surface area contributed by atoms with E-state index in [4.69, 9.17) is 0 Å². The fourth-order valence-corrected chi connectivity index (χ4v) is 3.94. The number of amides is 1. The van der Waals surface area contributed by atoms with Gasteiger partial charge in [0.2, 0.25) is 5.91 Å². The Labute approximate surface area is 162 Å². The molecule has 28 heavy (non-hydrogen) atoms. The number of rotatable bonds is 7. The first-order valence-corrected chi connectivity index (χ1v) is 9.47.